The highest BCUT2D eigenvalue weighted by molar-refractivity contribution is 7.89. The first kappa shape index (κ1) is 19.4. The van der Waals surface area contributed by atoms with Crippen molar-refractivity contribution in [1.29, 1.82) is 0 Å². The molecule has 6 nitrogen and oxygen atoms in total. The molecule has 0 unspecified atom stereocenters. The van der Waals surface area contributed by atoms with Gasteiger partial charge in [-0.2, -0.15) is 13.2 Å². The van der Waals surface area contributed by atoms with Crippen LogP contribution in [-0.2, 0) is 16.2 Å². The number of amides is 2. The molecule has 0 radical (unpaired) electrons. The van der Waals surface area contributed by atoms with Crippen LogP contribution in [0.1, 0.15) is 18.4 Å². The Hall–Kier alpha value is -1.88. The fraction of sp³-hybridized carbons (Fsp3) is 0.500. The number of anilines is 1. The molecule has 1 heterocycles. The van der Waals surface area contributed by atoms with Crippen molar-refractivity contribution in [3.8, 4) is 0 Å². The fourth-order valence-electron chi connectivity index (χ4n) is 2.40. The maximum atomic E-state index is 13.8. The number of hydrogen-bond acceptors (Lipinski definition) is 3. The van der Waals surface area contributed by atoms with Gasteiger partial charge in [0.15, 0.2) is 5.82 Å². The van der Waals surface area contributed by atoms with E-state index in [1.165, 1.54) is 4.31 Å². The third-order valence-electron chi connectivity index (χ3n) is 3.66. The summed E-state index contributed by atoms with van der Waals surface area (Å²) in [6.07, 6.45) is -3.33. The maximum Gasteiger partial charge on any atom is 0.419 e. The van der Waals surface area contributed by atoms with Gasteiger partial charge in [-0.15, -0.1) is 0 Å². The first-order chi connectivity index (χ1) is 11.6. The highest BCUT2D eigenvalue weighted by Gasteiger charge is 2.35. The van der Waals surface area contributed by atoms with Gasteiger partial charge >= 0.3 is 12.2 Å². The zero-order valence-corrected chi connectivity index (χ0v) is 13.9. The number of urea groups is 1. The predicted octanol–water partition coefficient (Wildman–Crippen LogP) is 2.39. The predicted molar refractivity (Wildman–Crippen MR) is 83.0 cm³/mol. The van der Waals surface area contributed by atoms with Crippen molar-refractivity contribution in [3.63, 3.8) is 0 Å². The lowest BCUT2D eigenvalue weighted by atomic mass is 10.2. The highest BCUT2D eigenvalue weighted by Crippen LogP contribution is 2.33. The maximum absolute atomic E-state index is 13.8. The van der Waals surface area contributed by atoms with E-state index in [2.05, 4.69) is 5.32 Å². The molecule has 2 amide bonds. The standard InChI is InChI=1S/C14H17F4N3O3S/c15-12-10(14(16,17)18)4-3-5-11(12)20-13(22)19-6-9-25(23,24)21-7-1-2-8-21/h3-5H,1-2,6-9H2,(H2,19,20,22). The summed E-state index contributed by atoms with van der Waals surface area (Å²) < 4.78 is 76.8. The van der Waals surface area contributed by atoms with Gasteiger partial charge in [0.25, 0.3) is 0 Å². The lowest BCUT2D eigenvalue weighted by molar-refractivity contribution is -0.139. The van der Waals surface area contributed by atoms with Crippen LogP contribution in [0.15, 0.2) is 18.2 Å². The molecule has 1 fully saturated rings. The Morgan fingerprint density at radius 2 is 1.84 bits per heavy atom. The third kappa shape index (κ3) is 5.05. The smallest absolute Gasteiger partial charge is 0.337 e. The van der Waals surface area contributed by atoms with E-state index in [1.54, 1.807) is 0 Å². The van der Waals surface area contributed by atoms with Crippen molar-refractivity contribution in [3.05, 3.63) is 29.6 Å². The van der Waals surface area contributed by atoms with Crippen molar-refractivity contribution in [2.45, 2.75) is 19.0 Å². The van der Waals surface area contributed by atoms with Crippen LogP contribution in [0.4, 0.5) is 28.0 Å². The number of carbonyl (C=O) groups is 1. The van der Waals surface area contributed by atoms with Crippen molar-refractivity contribution < 1.29 is 30.8 Å². The van der Waals surface area contributed by atoms with Crippen molar-refractivity contribution in [2.24, 2.45) is 0 Å². The number of hydrogen-bond donors (Lipinski definition) is 2. The summed E-state index contributed by atoms with van der Waals surface area (Å²) in [6.45, 7) is 0.624. The topological polar surface area (TPSA) is 78.5 Å². The first-order valence-corrected chi connectivity index (χ1v) is 9.10. The Labute approximate surface area is 142 Å². The van der Waals surface area contributed by atoms with Gasteiger partial charge in [-0.25, -0.2) is 21.9 Å². The second-order valence-corrected chi connectivity index (χ2v) is 7.56. The van der Waals surface area contributed by atoms with Crippen LogP contribution >= 0.6 is 0 Å². The summed E-state index contributed by atoms with van der Waals surface area (Å²) in [5.41, 5.74) is -2.14. The summed E-state index contributed by atoms with van der Waals surface area (Å²) in [5, 5.41) is 4.14. The number of halogens is 4. The zero-order valence-electron chi connectivity index (χ0n) is 13.1. The van der Waals surface area contributed by atoms with Crippen LogP contribution in [0, 0.1) is 5.82 Å². The molecule has 25 heavy (non-hydrogen) atoms. The molecule has 1 saturated heterocycles. The van der Waals surface area contributed by atoms with Gasteiger partial charge < -0.3 is 10.6 Å². The average Bonchev–Trinajstić information content (AvgIpc) is 3.03. The second-order valence-electron chi connectivity index (χ2n) is 5.47. The number of sulfonamides is 1. The Bertz CT molecular complexity index is 731. The number of benzene rings is 1. The molecule has 0 aliphatic carbocycles. The minimum atomic E-state index is -4.89. The Morgan fingerprint density at radius 1 is 1.20 bits per heavy atom. The van der Waals surface area contributed by atoms with Gasteiger partial charge in [-0.3, -0.25) is 0 Å². The fourth-order valence-corrected chi connectivity index (χ4v) is 3.84. The van der Waals surface area contributed by atoms with Gasteiger partial charge in [-0.05, 0) is 25.0 Å². The molecule has 2 rings (SSSR count). The lowest BCUT2D eigenvalue weighted by Gasteiger charge is -2.16. The molecule has 1 aliphatic heterocycles. The van der Waals surface area contributed by atoms with Crippen LogP contribution in [0.3, 0.4) is 0 Å². The minimum Gasteiger partial charge on any atom is -0.337 e. The van der Waals surface area contributed by atoms with Gasteiger partial charge in [0.1, 0.15) is 0 Å². The zero-order chi connectivity index (χ0) is 18.7. The van der Waals surface area contributed by atoms with E-state index < -0.39 is 39.3 Å². The Balaban J connectivity index is 1.91. The largest absolute Gasteiger partial charge is 0.419 e. The molecular weight excluding hydrogens is 366 g/mol. The van der Waals surface area contributed by atoms with Crippen LogP contribution in [0.5, 0.6) is 0 Å². The van der Waals surface area contributed by atoms with Crippen LogP contribution in [0.2, 0.25) is 0 Å². The number of alkyl halides is 3. The number of rotatable bonds is 5. The van der Waals surface area contributed by atoms with Crippen LogP contribution in [-0.4, -0.2) is 44.1 Å². The summed E-state index contributed by atoms with van der Waals surface area (Å²) in [7, 11) is -3.49. The van der Waals surface area contributed by atoms with Gasteiger partial charge in [0.2, 0.25) is 10.0 Å². The Kier molecular flexibility index (Phi) is 5.88. The summed E-state index contributed by atoms with van der Waals surface area (Å²) in [5.74, 6) is -1.94. The minimum absolute atomic E-state index is 0.245. The molecule has 0 saturated carbocycles. The summed E-state index contributed by atoms with van der Waals surface area (Å²) in [6, 6.07) is 1.50. The average molecular weight is 383 g/mol. The van der Waals surface area contributed by atoms with E-state index in [9.17, 15) is 30.8 Å². The third-order valence-corrected chi connectivity index (χ3v) is 5.53. The van der Waals surface area contributed by atoms with E-state index in [1.807, 2.05) is 5.32 Å². The molecule has 2 N–H and O–H groups in total. The molecule has 1 aromatic carbocycles. The van der Waals surface area contributed by atoms with Crippen LogP contribution in [0.25, 0.3) is 0 Å². The van der Waals surface area contributed by atoms with Crippen molar-refractivity contribution in [1.82, 2.24) is 9.62 Å². The number of nitrogens with one attached hydrogen (secondary N) is 2. The molecular formula is C14H17F4N3O3S. The van der Waals surface area contributed by atoms with Gasteiger partial charge in [0.05, 0.1) is 17.0 Å². The second kappa shape index (κ2) is 7.56. The lowest BCUT2D eigenvalue weighted by Crippen LogP contribution is -2.37. The molecule has 0 bridgehead atoms. The van der Waals surface area contributed by atoms with E-state index in [0.29, 0.717) is 19.2 Å². The van der Waals surface area contributed by atoms with E-state index in [4.69, 9.17) is 0 Å². The molecule has 140 valence electrons. The van der Waals surface area contributed by atoms with Gasteiger partial charge in [0, 0.05) is 19.6 Å². The molecule has 1 aliphatic rings. The van der Waals surface area contributed by atoms with Gasteiger partial charge in [-0.1, -0.05) is 6.07 Å². The number of nitrogens with zero attached hydrogens (tertiary/aromatic N) is 1. The Morgan fingerprint density at radius 3 is 2.44 bits per heavy atom. The molecule has 1 aromatic rings. The normalized spacial score (nSPS) is 16.0. The molecule has 0 atom stereocenters. The van der Waals surface area contributed by atoms with E-state index >= 15 is 0 Å². The molecule has 11 heteroatoms. The quantitative estimate of drug-likeness (QED) is 0.767. The first-order valence-electron chi connectivity index (χ1n) is 7.49. The van der Waals surface area contributed by atoms with E-state index in [-0.39, 0.29) is 12.3 Å². The van der Waals surface area contributed by atoms with Crippen molar-refractivity contribution in [2.75, 3.05) is 30.7 Å². The monoisotopic (exact) mass is 383 g/mol. The van der Waals surface area contributed by atoms with E-state index in [0.717, 1.165) is 25.0 Å². The SMILES string of the molecule is O=C(NCCS(=O)(=O)N1CCCC1)Nc1cccc(C(F)(F)F)c1F. The highest BCUT2D eigenvalue weighted by atomic mass is 32.2. The van der Waals surface area contributed by atoms with Crippen LogP contribution < -0.4 is 10.6 Å². The summed E-state index contributed by atoms with van der Waals surface area (Å²) >= 11 is 0. The van der Waals surface area contributed by atoms with Crippen molar-refractivity contribution >= 4 is 21.7 Å². The molecule has 0 aromatic heterocycles. The molecule has 0 spiro atoms. The number of carbonyl (C=O) groups excluding carboxylic acids is 1. The summed E-state index contributed by atoms with van der Waals surface area (Å²) in [4.78, 5) is 11.7.